The number of hydrogen-bond acceptors (Lipinski definition) is 4. The van der Waals surface area contributed by atoms with Crippen molar-refractivity contribution in [3.8, 4) is 11.6 Å². The maximum absolute atomic E-state index is 9.53. The molecule has 0 fully saturated rings. The van der Waals surface area contributed by atoms with E-state index in [1.54, 1.807) is 29.9 Å². The van der Waals surface area contributed by atoms with E-state index in [2.05, 4.69) is 10.1 Å². The van der Waals surface area contributed by atoms with Crippen LogP contribution in [0.2, 0.25) is 0 Å². The topological polar surface area (TPSA) is 60.2 Å². The van der Waals surface area contributed by atoms with Crippen LogP contribution < -0.4 is 4.74 Å². The third kappa shape index (κ3) is 2.36. The van der Waals surface area contributed by atoms with Crippen LogP contribution in [0.4, 0.5) is 0 Å². The summed E-state index contributed by atoms with van der Waals surface area (Å²) in [6.45, 7) is 5.54. The van der Waals surface area contributed by atoms with E-state index in [-0.39, 0.29) is 0 Å². The second kappa shape index (κ2) is 4.78. The van der Waals surface area contributed by atoms with E-state index in [1.807, 2.05) is 20.9 Å². The molecule has 2 rings (SSSR count). The number of aryl methyl sites for hydroxylation is 2. The van der Waals surface area contributed by atoms with Gasteiger partial charge in [0.25, 0.3) is 0 Å². The van der Waals surface area contributed by atoms with Gasteiger partial charge in [0.05, 0.1) is 11.8 Å². The van der Waals surface area contributed by atoms with Crippen molar-refractivity contribution in [3.05, 3.63) is 35.3 Å². The third-order valence-corrected chi connectivity index (χ3v) is 2.89. The summed E-state index contributed by atoms with van der Waals surface area (Å²) in [6, 6.07) is 3.50. The average Bonchev–Trinajstić information content (AvgIpc) is 2.56. The second-order valence-corrected chi connectivity index (χ2v) is 4.33. The van der Waals surface area contributed by atoms with Crippen molar-refractivity contribution in [2.75, 3.05) is 0 Å². The minimum atomic E-state index is -0.536. The molecule has 96 valence electrons. The molecule has 2 heterocycles. The Morgan fingerprint density at radius 3 is 2.67 bits per heavy atom. The van der Waals surface area contributed by atoms with Gasteiger partial charge in [-0.2, -0.15) is 5.10 Å². The Bertz CT molecular complexity index is 561. The highest BCUT2D eigenvalue weighted by atomic mass is 16.5. The molecule has 0 saturated carbocycles. The van der Waals surface area contributed by atoms with Gasteiger partial charge in [0.2, 0.25) is 5.88 Å². The minimum absolute atomic E-state index is 0.465. The highest BCUT2D eigenvalue weighted by Crippen LogP contribution is 2.27. The molecule has 5 nitrogen and oxygen atoms in total. The van der Waals surface area contributed by atoms with Gasteiger partial charge in [-0.1, -0.05) is 0 Å². The molecule has 0 aliphatic rings. The molecule has 1 atom stereocenters. The number of aliphatic hydroxyl groups is 1. The van der Waals surface area contributed by atoms with Gasteiger partial charge in [0, 0.05) is 19.3 Å². The number of rotatable bonds is 3. The summed E-state index contributed by atoms with van der Waals surface area (Å²) in [5.74, 6) is 1.18. The van der Waals surface area contributed by atoms with Crippen molar-refractivity contribution >= 4 is 0 Å². The zero-order chi connectivity index (χ0) is 13.3. The van der Waals surface area contributed by atoms with Crippen LogP contribution in [0.3, 0.4) is 0 Å². The fraction of sp³-hybridized carbons (Fsp3) is 0.385. The van der Waals surface area contributed by atoms with Crippen LogP contribution in [0.25, 0.3) is 0 Å². The van der Waals surface area contributed by atoms with Crippen molar-refractivity contribution < 1.29 is 9.84 Å². The van der Waals surface area contributed by atoms with Crippen LogP contribution in [-0.2, 0) is 7.05 Å². The maximum atomic E-state index is 9.53. The van der Waals surface area contributed by atoms with Gasteiger partial charge >= 0.3 is 0 Å². The van der Waals surface area contributed by atoms with E-state index in [4.69, 9.17) is 4.74 Å². The van der Waals surface area contributed by atoms with Crippen LogP contribution in [0.5, 0.6) is 11.6 Å². The fourth-order valence-corrected chi connectivity index (χ4v) is 1.75. The second-order valence-electron chi connectivity index (χ2n) is 4.33. The molecule has 0 aliphatic carbocycles. The number of hydrogen-bond donors (Lipinski definition) is 1. The van der Waals surface area contributed by atoms with E-state index in [0.29, 0.717) is 11.6 Å². The first kappa shape index (κ1) is 12.6. The molecule has 1 N–H and O–H groups in total. The monoisotopic (exact) mass is 247 g/mol. The quantitative estimate of drug-likeness (QED) is 0.904. The van der Waals surface area contributed by atoms with Gasteiger partial charge in [-0.15, -0.1) is 0 Å². The van der Waals surface area contributed by atoms with E-state index in [9.17, 15) is 5.11 Å². The van der Waals surface area contributed by atoms with Gasteiger partial charge in [0.1, 0.15) is 5.69 Å². The van der Waals surface area contributed by atoms with Crippen molar-refractivity contribution in [1.29, 1.82) is 0 Å². The van der Waals surface area contributed by atoms with Crippen LogP contribution in [0, 0.1) is 13.8 Å². The Balaban J connectivity index is 2.31. The first-order valence-corrected chi connectivity index (χ1v) is 5.81. The van der Waals surface area contributed by atoms with Crippen molar-refractivity contribution in [3.63, 3.8) is 0 Å². The van der Waals surface area contributed by atoms with Crippen LogP contribution in [0.1, 0.15) is 30.0 Å². The number of aliphatic hydroxyl groups excluding tert-OH is 1. The summed E-state index contributed by atoms with van der Waals surface area (Å²) in [4.78, 5) is 4.14. The lowest BCUT2D eigenvalue weighted by atomic mass is 10.2. The predicted octanol–water partition coefficient (Wildman–Crippen LogP) is 2.28. The zero-order valence-corrected chi connectivity index (χ0v) is 11.0. The first-order chi connectivity index (χ1) is 8.49. The summed E-state index contributed by atoms with van der Waals surface area (Å²) in [5, 5.41) is 13.8. The summed E-state index contributed by atoms with van der Waals surface area (Å²) >= 11 is 0. The lowest BCUT2D eigenvalue weighted by molar-refractivity contribution is 0.198. The van der Waals surface area contributed by atoms with E-state index in [1.165, 1.54) is 0 Å². The molecule has 0 aliphatic heterocycles. The molecule has 2 aromatic rings. The minimum Gasteiger partial charge on any atom is -0.435 e. The molecule has 5 heteroatoms. The molecule has 0 saturated heterocycles. The lowest BCUT2D eigenvalue weighted by Gasteiger charge is -2.08. The summed E-state index contributed by atoms with van der Waals surface area (Å²) in [5.41, 5.74) is 2.54. The van der Waals surface area contributed by atoms with Gasteiger partial charge in [0.15, 0.2) is 5.75 Å². The lowest BCUT2D eigenvalue weighted by Crippen LogP contribution is -1.96. The van der Waals surface area contributed by atoms with Gasteiger partial charge in [-0.3, -0.25) is 4.68 Å². The van der Waals surface area contributed by atoms with Crippen LogP contribution in [0.15, 0.2) is 18.3 Å². The van der Waals surface area contributed by atoms with Crippen molar-refractivity contribution in [2.45, 2.75) is 26.9 Å². The molecule has 2 aromatic heterocycles. The number of ether oxygens (including phenoxy) is 1. The van der Waals surface area contributed by atoms with E-state index < -0.39 is 6.10 Å². The van der Waals surface area contributed by atoms with Crippen molar-refractivity contribution in [1.82, 2.24) is 14.8 Å². The fourth-order valence-electron chi connectivity index (χ4n) is 1.75. The SMILES string of the molecule is Cc1nn(C)c(C)c1Oc1cc([C@@H](C)O)ccn1. The van der Waals surface area contributed by atoms with E-state index >= 15 is 0 Å². The Morgan fingerprint density at radius 2 is 2.11 bits per heavy atom. The molecule has 0 radical (unpaired) electrons. The first-order valence-electron chi connectivity index (χ1n) is 5.81. The Labute approximate surface area is 106 Å². The zero-order valence-electron chi connectivity index (χ0n) is 11.0. The molecule has 0 unspecified atom stereocenters. The number of nitrogens with zero attached hydrogens (tertiary/aromatic N) is 3. The molecule has 0 amide bonds. The van der Waals surface area contributed by atoms with Crippen LogP contribution in [-0.4, -0.2) is 19.9 Å². The van der Waals surface area contributed by atoms with Gasteiger partial charge < -0.3 is 9.84 Å². The van der Waals surface area contributed by atoms with Crippen molar-refractivity contribution in [2.24, 2.45) is 7.05 Å². The number of aromatic nitrogens is 3. The maximum Gasteiger partial charge on any atom is 0.219 e. The Kier molecular flexibility index (Phi) is 3.34. The van der Waals surface area contributed by atoms with E-state index in [0.717, 1.165) is 17.0 Å². The molecule has 18 heavy (non-hydrogen) atoms. The molecular formula is C13H17N3O2. The molecule has 0 aromatic carbocycles. The van der Waals surface area contributed by atoms with Crippen LogP contribution >= 0.6 is 0 Å². The molecular weight excluding hydrogens is 230 g/mol. The summed E-state index contributed by atoms with van der Waals surface area (Å²) in [7, 11) is 1.87. The van der Waals surface area contributed by atoms with Gasteiger partial charge in [-0.25, -0.2) is 4.98 Å². The third-order valence-electron chi connectivity index (χ3n) is 2.89. The largest absolute Gasteiger partial charge is 0.435 e. The standard InChI is InChI=1S/C13H17N3O2/c1-8-13(9(2)16(4)15-8)18-12-7-11(10(3)17)5-6-14-12/h5-7,10,17H,1-4H3/t10-/m1/s1. The molecule has 0 spiro atoms. The average molecular weight is 247 g/mol. The van der Waals surface area contributed by atoms with Gasteiger partial charge in [-0.05, 0) is 32.4 Å². The predicted molar refractivity (Wildman–Crippen MR) is 67.6 cm³/mol. The normalized spacial score (nSPS) is 12.5. The highest BCUT2D eigenvalue weighted by molar-refractivity contribution is 5.36. The summed E-state index contributed by atoms with van der Waals surface area (Å²) in [6.07, 6.45) is 1.09. The highest BCUT2D eigenvalue weighted by Gasteiger charge is 2.13. The molecule has 0 bridgehead atoms. The Hall–Kier alpha value is -1.88. The smallest absolute Gasteiger partial charge is 0.219 e. The Morgan fingerprint density at radius 1 is 1.39 bits per heavy atom. The number of pyridine rings is 1. The summed E-state index contributed by atoms with van der Waals surface area (Å²) < 4.78 is 7.51.